The highest BCUT2D eigenvalue weighted by Crippen LogP contribution is 2.25. The zero-order valence-corrected chi connectivity index (χ0v) is 12.3. The number of para-hydroxylation sites is 2. The van der Waals surface area contributed by atoms with Gasteiger partial charge in [0.15, 0.2) is 18.1 Å². The van der Waals surface area contributed by atoms with E-state index in [1.54, 1.807) is 19.2 Å². The van der Waals surface area contributed by atoms with Crippen molar-refractivity contribution in [2.24, 2.45) is 0 Å². The molecule has 1 aromatic heterocycles. The monoisotopic (exact) mass is 290 g/mol. The summed E-state index contributed by atoms with van der Waals surface area (Å²) in [6, 6.07) is 7.18. The average molecular weight is 290 g/mol. The molecule has 0 radical (unpaired) electrons. The number of hydrogen-bond acceptors (Lipinski definition) is 5. The third-order valence-corrected chi connectivity index (χ3v) is 3.07. The van der Waals surface area contributed by atoms with Crippen molar-refractivity contribution in [2.45, 2.75) is 20.4 Å². The van der Waals surface area contributed by atoms with Crippen LogP contribution >= 0.6 is 0 Å². The van der Waals surface area contributed by atoms with Crippen molar-refractivity contribution < 1.29 is 18.8 Å². The smallest absolute Gasteiger partial charge is 0.258 e. The van der Waals surface area contributed by atoms with Gasteiger partial charge in [0.05, 0.1) is 12.8 Å². The first-order chi connectivity index (χ1) is 10.1. The van der Waals surface area contributed by atoms with Gasteiger partial charge in [0.2, 0.25) is 0 Å². The molecule has 0 aliphatic heterocycles. The summed E-state index contributed by atoms with van der Waals surface area (Å²) in [7, 11) is 1.56. The summed E-state index contributed by atoms with van der Waals surface area (Å²) in [6.45, 7) is 3.94. The van der Waals surface area contributed by atoms with Gasteiger partial charge in [-0.15, -0.1) is 0 Å². The van der Waals surface area contributed by atoms with Crippen molar-refractivity contribution in [3.8, 4) is 11.5 Å². The van der Waals surface area contributed by atoms with Crippen molar-refractivity contribution in [3.63, 3.8) is 0 Å². The Balaban J connectivity index is 1.85. The van der Waals surface area contributed by atoms with E-state index < -0.39 is 0 Å². The van der Waals surface area contributed by atoms with Gasteiger partial charge < -0.3 is 19.3 Å². The molecule has 0 aliphatic rings. The first-order valence-electron chi connectivity index (χ1n) is 6.56. The van der Waals surface area contributed by atoms with Crippen molar-refractivity contribution in [2.75, 3.05) is 13.7 Å². The largest absolute Gasteiger partial charge is 0.493 e. The second kappa shape index (κ2) is 6.78. The minimum absolute atomic E-state index is 0.0796. The van der Waals surface area contributed by atoms with E-state index in [9.17, 15) is 4.79 Å². The van der Waals surface area contributed by atoms with Gasteiger partial charge in [-0.05, 0) is 26.0 Å². The lowest BCUT2D eigenvalue weighted by Crippen LogP contribution is -2.28. The van der Waals surface area contributed by atoms with E-state index in [2.05, 4.69) is 10.5 Å². The quantitative estimate of drug-likeness (QED) is 0.880. The molecular weight excluding hydrogens is 272 g/mol. The summed E-state index contributed by atoms with van der Waals surface area (Å²) < 4.78 is 15.6. The summed E-state index contributed by atoms with van der Waals surface area (Å²) in [6.07, 6.45) is 0. The second-order valence-corrected chi connectivity index (χ2v) is 4.52. The lowest BCUT2D eigenvalue weighted by molar-refractivity contribution is -0.123. The maximum atomic E-state index is 11.8. The summed E-state index contributed by atoms with van der Waals surface area (Å²) in [5.41, 5.74) is 1.67. The third kappa shape index (κ3) is 3.75. The molecule has 0 fully saturated rings. The number of ether oxygens (including phenoxy) is 2. The highest BCUT2D eigenvalue weighted by atomic mass is 16.5. The van der Waals surface area contributed by atoms with E-state index in [0.29, 0.717) is 23.8 Å². The van der Waals surface area contributed by atoms with Gasteiger partial charge in [-0.25, -0.2) is 0 Å². The molecule has 1 aromatic carbocycles. The summed E-state index contributed by atoms with van der Waals surface area (Å²) in [4.78, 5) is 11.8. The molecule has 2 rings (SSSR count). The standard InChI is InChI=1S/C15H18N2O4/c1-10-12(11(2)21-17-10)8-16-15(18)9-20-14-7-5-4-6-13(14)19-3/h4-7H,8-9H2,1-3H3,(H,16,18). The number of rotatable bonds is 6. The van der Waals surface area contributed by atoms with Crippen molar-refractivity contribution in [3.05, 3.63) is 41.3 Å². The van der Waals surface area contributed by atoms with Crippen LogP contribution in [0.3, 0.4) is 0 Å². The van der Waals surface area contributed by atoms with Crippen molar-refractivity contribution in [1.82, 2.24) is 10.5 Å². The molecule has 6 nitrogen and oxygen atoms in total. The van der Waals surface area contributed by atoms with E-state index in [1.165, 1.54) is 0 Å². The molecule has 0 spiro atoms. The van der Waals surface area contributed by atoms with E-state index in [1.807, 2.05) is 26.0 Å². The van der Waals surface area contributed by atoms with Crippen LogP contribution in [-0.4, -0.2) is 24.8 Å². The fraction of sp³-hybridized carbons (Fsp3) is 0.333. The van der Waals surface area contributed by atoms with Gasteiger partial charge in [-0.1, -0.05) is 17.3 Å². The van der Waals surface area contributed by atoms with Gasteiger partial charge in [-0.3, -0.25) is 4.79 Å². The molecule has 1 amide bonds. The number of aryl methyl sites for hydroxylation is 2. The topological polar surface area (TPSA) is 73.6 Å². The molecule has 0 bridgehead atoms. The van der Waals surface area contributed by atoms with Crippen LogP contribution in [0.5, 0.6) is 11.5 Å². The number of nitrogens with zero attached hydrogens (tertiary/aromatic N) is 1. The Morgan fingerprint density at radius 3 is 2.62 bits per heavy atom. The Morgan fingerprint density at radius 1 is 1.29 bits per heavy atom. The predicted octanol–water partition coefficient (Wildman–Crippen LogP) is 2.00. The predicted molar refractivity (Wildman–Crippen MR) is 76.3 cm³/mol. The van der Waals surface area contributed by atoms with E-state index >= 15 is 0 Å². The third-order valence-electron chi connectivity index (χ3n) is 3.07. The number of nitrogens with one attached hydrogen (secondary N) is 1. The van der Waals surface area contributed by atoms with Crippen LogP contribution in [0.4, 0.5) is 0 Å². The first kappa shape index (κ1) is 14.9. The fourth-order valence-corrected chi connectivity index (χ4v) is 1.87. The van der Waals surface area contributed by atoms with Gasteiger partial charge in [-0.2, -0.15) is 0 Å². The second-order valence-electron chi connectivity index (χ2n) is 4.52. The number of carbonyl (C=O) groups excluding carboxylic acids is 1. The molecule has 0 atom stereocenters. The molecule has 0 saturated carbocycles. The Hall–Kier alpha value is -2.50. The average Bonchev–Trinajstić information content (AvgIpc) is 2.82. The van der Waals surface area contributed by atoms with Crippen LogP contribution in [-0.2, 0) is 11.3 Å². The number of methoxy groups -OCH3 is 1. The lowest BCUT2D eigenvalue weighted by atomic mass is 10.2. The Kier molecular flexibility index (Phi) is 4.81. The number of hydrogen-bond donors (Lipinski definition) is 1. The lowest BCUT2D eigenvalue weighted by Gasteiger charge is -2.10. The van der Waals surface area contributed by atoms with Crippen LogP contribution in [0.2, 0.25) is 0 Å². The molecule has 1 N–H and O–H groups in total. The van der Waals surface area contributed by atoms with E-state index in [4.69, 9.17) is 14.0 Å². The SMILES string of the molecule is COc1ccccc1OCC(=O)NCc1c(C)noc1C. The molecule has 6 heteroatoms. The Bertz CT molecular complexity index is 602. The van der Waals surface area contributed by atoms with Crippen LogP contribution in [0.25, 0.3) is 0 Å². The van der Waals surface area contributed by atoms with Gasteiger partial charge in [0.25, 0.3) is 5.91 Å². The maximum absolute atomic E-state index is 11.8. The van der Waals surface area contributed by atoms with Gasteiger partial charge in [0.1, 0.15) is 5.76 Å². The molecule has 21 heavy (non-hydrogen) atoms. The van der Waals surface area contributed by atoms with Crippen LogP contribution in [0.1, 0.15) is 17.0 Å². The molecule has 0 aliphatic carbocycles. The first-order valence-corrected chi connectivity index (χ1v) is 6.56. The number of carbonyl (C=O) groups is 1. The summed E-state index contributed by atoms with van der Waals surface area (Å²) >= 11 is 0. The summed E-state index contributed by atoms with van der Waals surface area (Å²) in [5, 5.41) is 6.61. The highest BCUT2D eigenvalue weighted by Gasteiger charge is 2.11. The minimum atomic E-state index is -0.221. The Morgan fingerprint density at radius 2 is 2.00 bits per heavy atom. The van der Waals surface area contributed by atoms with E-state index in [-0.39, 0.29) is 12.5 Å². The van der Waals surface area contributed by atoms with Crippen molar-refractivity contribution in [1.29, 1.82) is 0 Å². The van der Waals surface area contributed by atoms with Gasteiger partial charge in [0, 0.05) is 12.1 Å². The summed E-state index contributed by atoms with van der Waals surface area (Å²) in [5.74, 6) is 1.61. The number of benzene rings is 1. The molecule has 0 unspecified atom stereocenters. The highest BCUT2D eigenvalue weighted by molar-refractivity contribution is 5.77. The zero-order valence-electron chi connectivity index (χ0n) is 12.3. The minimum Gasteiger partial charge on any atom is -0.493 e. The van der Waals surface area contributed by atoms with Crippen LogP contribution in [0, 0.1) is 13.8 Å². The molecule has 1 heterocycles. The normalized spacial score (nSPS) is 10.2. The fourth-order valence-electron chi connectivity index (χ4n) is 1.87. The van der Waals surface area contributed by atoms with Crippen molar-refractivity contribution >= 4 is 5.91 Å². The van der Waals surface area contributed by atoms with Crippen LogP contribution < -0.4 is 14.8 Å². The zero-order chi connectivity index (χ0) is 15.2. The maximum Gasteiger partial charge on any atom is 0.258 e. The van der Waals surface area contributed by atoms with Crippen LogP contribution in [0.15, 0.2) is 28.8 Å². The molecular formula is C15H18N2O4. The molecule has 2 aromatic rings. The molecule has 0 saturated heterocycles. The number of amides is 1. The molecule has 112 valence electrons. The Labute approximate surface area is 123 Å². The van der Waals surface area contributed by atoms with Gasteiger partial charge >= 0.3 is 0 Å². The van der Waals surface area contributed by atoms with E-state index in [0.717, 1.165) is 11.3 Å². The number of aromatic nitrogens is 1.